The SMILES string of the molecule is CC(=O)[C@@]1(O)C(O)C[C@H]2[C@@H]3CCC4=CC(=O)C=C[C@]4(C)C3=CC[C@@]21C. The molecule has 1 unspecified atom stereocenters. The molecule has 0 aliphatic heterocycles. The fourth-order valence-electron chi connectivity index (χ4n) is 6.18. The Morgan fingerprint density at radius 2 is 2.04 bits per heavy atom. The Bertz CT molecular complexity index is 760. The molecule has 2 fully saturated rings. The monoisotopic (exact) mass is 342 g/mol. The number of rotatable bonds is 1. The lowest BCUT2D eigenvalue weighted by Gasteiger charge is -2.53. The zero-order valence-electron chi connectivity index (χ0n) is 15.1. The molecule has 4 nitrogen and oxygen atoms in total. The number of hydrogen-bond acceptors (Lipinski definition) is 4. The lowest BCUT2D eigenvalue weighted by atomic mass is 9.51. The number of hydrogen-bond donors (Lipinski definition) is 2. The Kier molecular flexibility index (Phi) is 3.39. The molecule has 0 aromatic carbocycles. The van der Waals surface area contributed by atoms with Crippen molar-refractivity contribution in [1.82, 2.24) is 0 Å². The molecule has 4 heteroatoms. The minimum absolute atomic E-state index is 0.0504. The van der Waals surface area contributed by atoms with Crippen LogP contribution < -0.4 is 0 Å². The third-order valence-electron chi connectivity index (χ3n) is 7.71. The van der Waals surface area contributed by atoms with E-state index < -0.39 is 17.1 Å². The molecule has 6 atom stereocenters. The number of aliphatic hydroxyl groups excluding tert-OH is 1. The van der Waals surface area contributed by atoms with E-state index in [-0.39, 0.29) is 28.8 Å². The number of carbonyl (C=O) groups excluding carboxylic acids is 2. The standard InChI is InChI=1S/C21H26O4/c1-12(22)21(25)18(24)11-17-15-5-4-13-10-14(23)6-8-19(13,2)16(15)7-9-20(17,21)3/h6-8,10,15,17-18,24-25H,4-5,9,11H2,1-3H3/t15-,17+,18?,19+,20+,21-/m1/s1. The molecule has 0 amide bonds. The summed E-state index contributed by atoms with van der Waals surface area (Å²) in [5.74, 6) is 0.00427. The van der Waals surface area contributed by atoms with E-state index in [1.54, 1.807) is 12.2 Å². The highest BCUT2D eigenvalue weighted by Gasteiger charge is 2.67. The maximum absolute atomic E-state index is 12.2. The van der Waals surface area contributed by atoms with Gasteiger partial charge in [-0.15, -0.1) is 0 Å². The minimum atomic E-state index is -1.67. The summed E-state index contributed by atoms with van der Waals surface area (Å²) in [7, 11) is 0. The van der Waals surface area contributed by atoms with Crippen LogP contribution in [0.2, 0.25) is 0 Å². The summed E-state index contributed by atoms with van der Waals surface area (Å²) in [6.45, 7) is 5.50. The Labute approximate surface area is 148 Å². The van der Waals surface area contributed by atoms with Crippen molar-refractivity contribution in [3.63, 3.8) is 0 Å². The van der Waals surface area contributed by atoms with Crippen molar-refractivity contribution in [1.29, 1.82) is 0 Å². The second-order valence-electron chi connectivity index (χ2n) is 8.71. The zero-order chi connectivity index (χ0) is 18.2. The lowest BCUT2D eigenvalue weighted by Crippen LogP contribution is -2.57. The molecule has 0 saturated heterocycles. The molecule has 134 valence electrons. The second-order valence-corrected chi connectivity index (χ2v) is 8.71. The number of allylic oxidation sites excluding steroid dienone is 6. The predicted octanol–water partition coefficient (Wildman–Crippen LogP) is 2.51. The molecule has 4 aliphatic carbocycles. The molecule has 0 aromatic heterocycles. The third kappa shape index (κ3) is 1.90. The van der Waals surface area contributed by atoms with Crippen molar-refractivity contribution in [2.24, 2.45) is 22.7 Å². The van der Waals surface area contributed by atoms with Gasteiger partial charge in [0.15, 0.2) is 17.2 Å². The molecule has 0 radical (unpaired) electrons. The number of fused-ring (bicyclic) bond motifs is 5. The van der Waals surface area contributed by atoms with Crippen molar-refractivity contribution < 1.29 is 19.8 Å². The number of carbonyl (C=O) groups is 2. The molecule has 4 rings (SSSR count). The van der Waals surface area contributed by atoms with Crippen molar-refractivity contribution in [2.75, 3.05) is 0 Å². The van der Waals surface area contributed by atoms with Crippen LogP contribution in [0.4, 0.5) is 0 Å². The first-order valence-electron chi connectivity index (χ1n) is 9.21. The third-order valence-corrected chi connectivity index (χ3v) is 7.71. The van der Waals surface area contributed by atoms with E-state index in [4.69, 9.17) is 0 Å². The van der Waals surface area contributed by atoms with Gasteiger partial charge >= 0.3 is 0 Å². The van der Waals surface area contributed by atoms with Gasteiger partial charge < -0.3 is 10.2 Å². The van der Waals surface area contributed by atoms with Gasteiger partial charge in [-0.3, -0.25) is 9.59 Å². The van der Waals surface area contributed by atoms with Crippen LogP contribution in [0, 0.1) is 22.7 Å². The van der Waals surface area contributed by atoms with E-state index in [0.29, 0.717) is 12.8 Å². The summed E-state index contributed by atoms with van der Waals surface area (Å²) in [6.07, 6.45) is 9.34. The van der Waals surface area contributed by atoms with E-state index in [2.05, 4.69) is 13.0 Å². The highest BCUT2D eigenvalue weighted by atomic mass is 16.4. The first-order chi connectivity index (χ1) is 11.6. The van der Waals surface area contributed by atoms with E-state index >= 15 is 0 Å². The molecule has 2 N–H and O–H groups in total. The molecular weight excluding hydrogens is 316 g/mol. The van der Waals surface area contributed by atoms with Crippen LogP contribution in [0.5, 0.6) is 0 Å². The molecule has 25 heavy (non-hydrogen) atoms. The first-order valence-corrected chi connectivity index (χ1v) is 9.21. The van der Waals surface area contributed by atoms with Gasteiger partial charge in [0.2, 0.25) is 0 Å². The predicted molar refractivity (Wildman–Crippen MR) is 93.6 cm³/mol. The number of ketones is 2. The van der Waals surface area contributed by atoms with Crippen LogP contribution >= 0.6 is 0 Å². The molecule has 4 aliphatic rings. The molecule has 0 spiro atoms. The summed E-state index contributed by atoms with van der Waals surface area (Å²) in [5, 5.41) is 21.7. The summed E-state index contributed by atoms with van der Waals surface area (Å²) < 4.78 is 0. The van der Waals surface area contributed by atoms with Gasteiger partial charge in [0.05, 0.1) is 6.10 Å². The van der Waals surface area contributed by atoms with Crippen molar-refractivity contribution in [3.8, 4) is 0 Å². The van der Waals surface area contributed by atoms with Crippen LogP contribution in [-0.2, 0) is 9.59 Å². The molecule has 0 aromatic rings. The van der Waals surface area contributed by atoms with Gasteiger partial charge in [-0.2, -0.15) is 0 Å². The maximum atomic E-state index is 12.2. The Morgan fingerprint density at radius 3 is 2.72 bits per heavy atom. The van der Waals surface area contributed by atoms with Crippen molar-refractivity contribution in [2.45, 2.75) is 58.2 Å². The van der Waals surface area contributed by atoms with Gasteiger partial charge in [0.25, 0.3) is 0 Å². The van der Waals surface area contributed by atoms with E-state index in [9.17, 15) is 19.8 Å². The summed E-state index contributed by atoms with van der Waals surface area (Å²) in [6, 6.07) is 0. The van der Waals surface area contributed by atoms with E-state index in [1.165, 1.54) is 12.5 Å². The van der Waals surface area contributed by atoms with Crippen molar-refractivity contribution in [3.05, 3.63) is 35.5 Å². The molecule has 0 bridgehead atoms. The fraction of sp³-hybridized carbons (Fsp3) is 0.619. The highest BCUT2D eigenvalue weighted by Crippen LogP contribution is 2.64. The van der Waals surface area contributed by atoms with Crippen LogP contribution in [0.3, 0.4) is 0 Å². The van der Waals surface area contributed by atoms with Crippen molar-refractivity contribution >= 4 is 11.6 Å². The van der Waals surface area contributed by atoms with Gasteiger partial charge in [-0.25, -0.2) is 0 Å². The molecule has 0 heterocycles. The van der Waals surface area contributed by atoms with Gasteiger partial charge in [-0.1, -0.05) is 30.2 Å². The number of aliphatic hydroxyl groups is 2. The Morgan fingerprint density at radius 1 is 1.32 bits per heavy atom. The smallest absolute Gasteiger partial charge is 0.178 e. The van der Waals surface area contributed by atoms with Gasteiger partial charge in [0, 0.05) is 10.8 Å². The maximum Gasteiger partial charge on any atom is 0.178 e. The Hall–Kier alpha value is -1.52. The summed E-state index contributed by atoms with van der Waals surface area (Å²) in [4.78, 5) is 24.0. The summed E-state index contributed by atoms with van der Waals surface area (Å²) >= 11 is 0. The lowest BCUT2D eigenvalue weighted by molar-refractivity contribution is -0.164. The average molecular weight is 342 g/mol. The van der Waals surface area contributed by atoms with Gasteiger partial charge in [0.1, 0.15) is 0 Å². The number of Topliss-reactive ketones (excluding diaryl/α,β-unsaturated/α-hetero) is 1. The van der Waals surface area contributed by atoms with Crippen LogP contribution in [0.1, 0.15) is 46.5 Å². The largest absolute Gasteiger partial charge is 0.390 e. The normalized spacial score (nSPS) is 48.2. The topological polar surface area (TPSA) is 74.6 Å². The van der Waals surface area contributed by atoms with Gasteiger partial charge in [-0.05, 0) is 63.5 Å². The second kappa shape index (κ2) is 5.01. The van der Waals surface area contributed by atoms with Crippen LogP contribution in [-0.4, -0.2) is 33.5 Å². The zero-order valence-corrected chi connectivity index (χ0v) is 15.1. The Balaban J connectivity index is 1.81. The van der Waals surface area contributed by atoms with E-state index in [0.717, 1.165) is 18.4 Å². The van der Waals surface area contributed by atoms with E-state index in [1.807, 2.05) is 13.0 Å². The van der Waals surface area contributed by atoms with Crippen LogP contribution in [0.15, 0.2) is 35.5 Å². The molecule has 2 saturated carbocycles. The molecular formula is C21H26O4. The minimum Gasteiger partial charge on any atom is -0.390 e. The van der Waals surface area contributed by atoms with Crippen LogP contribution in [0.25, 0.3) is 0 Å². The first kappa shape index (κ1) is 16.9. The quantitative estimate of drug-likeness (QED) is 0.718. The average Bonchev–Trinajstić information content (AvgIpc) is 2.77. The fourth-order valence-corrected chi connectivity index (χ4v) is 6.18. The highest BCUT2D eigenvalue weighted by molar-refractivity contribution is 6.01. The summed E-state index contributed by atoms with van der Waals surface area (Å²) in [5.41, 5.74) is -0.115.